The number of esters is 2. The van der Waals surface area contributed by atoms with Gasteiger partial charge in [-0.15, -0.1) is 0 Å². The molecule has 0 aromatic carbocycles. The molecular weight excluding hydrogens is 192 g/mol. The molecule has 15 heavy (non-hydrogen) atoms. The quantitative estimate of drug-likeness (QED) is 0.483. The van der Waals surface area contributed by atoms with Gasteiger partial charge in [0.15, 0.2) is 0 Å². The van der Waals surface area contributed by atoms with Gasteiger partial charge < -0.3 is 4.74 Å². The minimum Gasteiger partial charge on any atom is -0.393 e. The number of carbonyl (C=O) groups is 2. The van der Waals surface area contributed by atoms with Gasteiger partial charge in [0.25, 0.3) is 0 Å². The van der Waals surface area contributed by atoms with Crippen LogP contribution in [0, 0.1) is 5.92 Å². The van der Waals surface area contributed by atoms with Gasteiger partial charge in [0.2, 0.25) is 0 Å². The zero-order valence-corrected chi connectivity index (χ0v) is 10.0. The third kappa shape index (κ3) is 9.44. The Hall–Kier alpha value is -0.860. The van der Waals surface area contributed by atoms with E-state index in [1.54, 1.807) is 0 Å². The smallest absolute Gasteiger partial charge is 0.313 e. The molecule has 0 aliphatic heterocycles. The first-order chi connectivity index (χ1) is 7.06. The molecule has 0 saturated heterocycles. The van der Waals surface area contributed by atoms with Gasteiger partial charge in [0.05, 0.1) is 0 Å². The Bertz CT molecular complexity index is 197. The molecule has 0 unspecified atom stereocenters. The molecule has 0 aliphatic carbocycles. The summed E-state index contributed by atoms with van der Waals surface area (Å²) in [5.74, 6) is -0.170. The molecule has 0 N–H and O–H groups in total. The van der Waals surface area contributed by atoms with Crippen LogP contribution in [0.3, 0.4) is 0 Å². The molecule has 0 saturated carbocycles. The summed E-state index contributed by atoms with van der Waals surface area (Å²) in [5, 5.41) is 0. The van der Waals surface area contributed by atoms with Gasteiger partial charge >= 0.3 is 11.9 Å². The largest absolute Gasteiger partial charge is 0.393 e. The summed E-state index contributed by atoms with van der Waals surface area (Å²) in [6.07, 6.45) is 4.24. The predicted octanol–water partition coefficient (Wildman–Crippen LogP) is 3.07. The number of hydrogen-bond donors (Lipinski definition) is 0. The van der Waals surface area contributed by atoms with Gasteiger partial charge in [-0.25, -0.2) is 0 Å². The predicted molar refractivity (Wildman–Crippen MR) is 59.3 cm³/mol. The fourth-order valence-electron chi connectivity index (χ4n) is 1.20. The molecule has 0 aliphatic rings. The van der Waals surface area contributed by atoms with E-state index in [9.17, 15) is 9.59 Å². The molecule has 0 heterocycles. The summed E-state index contributed by atoms with van der Waals surface area (Å²) in [7, 11) is 0. The molecule has 0 fully saturated rings. The normalized spacial score (nSPS) is 10.4. The van der Waals surface area contributed by atoms with Crippen molar-refractivity contribution in [1.82, 2.24) is 0 Å². The van der Waals surface area contributed by atoms with Crippen molar-refractivity contribution in [3.05, 3.63) is 0 Å². The van der Waals surface area contributed by atoms with E-state index in [0.717, 1.165) is 25.7 Å². The van der Waals surface area contributed by atoms with Crippen LogP contribution >= 0.6 is 0 Å². The number of rotatable bonds is 7. The van der Waals surface area contributed by atoms with Crippen LogP contribution in [0.1, 0.15) is 59.3 Å². The molecule has 0 radical (unpaired) electrons. The van der Waals surface area contributed by atoms with E-state index in [4.69, 9.17) is 0 Å². The Kier molecular flexibility index (Phi) is 7.96. The topological polar surface area (TPSA) is 43.4 Å². The average Bonchev–Trinajstić information content (AvgIpc) is 2.14. The first-order valence-electron chi connectivity index (χ1n) is 5.79. The van der Waals surface area contributed by atoms with Gasteiger partial charge in [-0.1, -0.05) is 33.6 Å². The Morgan fingerprint density at radius 1 is 1.07 bits per heavy atom. The number of unbranched alkanes of at least 4 members (excludes halogenated alkanes) is 1. The third-order valence-corrected chi connectivity index (χ3v) is 2.12. The molecule has 0 spiro atoms. The molecule has 0 aromatic rings. The van der Waals surface area contributed by atoms with Crippen LogP contribution < -0.4 is 0 Å². The van der Waals surface area contributed by atoms with Crippen LogP contribution in [0.5, 0.6) is 0 Å². The molecule has 3 nitrogen and oxygen atoms in total. The van der Waals surface area contributed by atoms with Crippen molar-refractivity contribution in [1.29, 1.82) is 0 Å². The summed E-state index contributed by atoms with van der Waals surface area (Å²) in [5.41, 5.74) is 0. The summed E-state index contributed by atoms with van der Waals surface area (Å²) < 4.78 is 4.66. The lowest BCUT2D eigenvalue weighted by atomic mass is 10.1. The van der Waals surface area contributed by atoms with Gasteiger partial charge in [-0.05, 0) is 18.8 Å². The molecule has 0 rings (SSSR count). The second-order valence-electron chi connectivity index (χ2n) is 4.24. The van der Waals surface area contributed by atoms with E-state index < -0.39 is 0 Å². The Balaban J connectivity index is 3.51. The van der Waals surface area contributed by atoms with Crippen molar-refractivity contribution >= 4 is 11.9 Å². The first kappa shape index (κ1) is 14.1. The maximum Gasteiger partial charge on any atom is 0.313 e. The molecule has 88 valence electrons. The van der Waals surface area contributed by atoms with E-state index in [-0.39, 0.29) is 11.9 Å². The van der Waals surface area contributed by atoms with Crippen LogP contribution in [0.4, 0.5) is 0 Å². The standard InChI is InChI=1S/C12H22O3/c1-4-5-8-11(13)15-12(14)9-6-7-10(2)3/h10H,4-9H2,1-3H3. The molecule has 0 atom stereocenters. The van der Waals surface area contributed by atoms with E-state index in [1.807, 2.05) is 6.92 Å². The Morgan fingerprint density at radius 3 is 2.07 bits per heavy atom. The van der Waals surface area contributed by atoms with Crippen LogP contribution in [0.2, 0.25) is 0 Å². The van der Waals surface area contributed by atoms with E-state index in [1.165, 1.54) is 0 Å². The van der Waals surface area contributed by atoms with Gasteiger partial charge in [0, 0.05) is 12.8 Å². The highest BCUT2D eigenvalue weighted by Crippen LogP contribution is 2.07. The van der Waals surface area contributed by atoms with Crippen LogP contribution in [-0.2, 0) is 14.3 Å². The number of ether oxygens (including phenoxy) is 1. The van der Waals surface area contributed by atoms with Crippen molar-refractivity contribution in [3.8, 4) is 0 Å². The molecule has 3 heteroatoms. The average molecular weight is 214 g/mol. The van der Waals surface area contributed by atoms with Gasteiger partial charge in [0.1, 0.15) is 0 Å². The lowest BCUT2D eigenvalue weighted by Gasteiger charge is -2.04. The highest BCUT2D eigenvalue weighted by molar-refractivity contribution is 5.85. The summed E-state index contributed by atoms with van der Waals surface area (Å²) >= 11 is 0. The molecule has 0 amide bonds. The number of carbonyl (C=O) groups excluding carboxylic acids is 2. The van der Waals surface area contributed by atoms with Crippen LogP contribution in [-0.4, -0.2) is 11.9 Å². The fraction of sp³-hybridized carbons (Fsp3) is 0.833. The van der Waals surface area contributed by atoms with Crippen LogP contribution in [0.15, 0.2) is 0 Å². The highest BCUT2D eigenvalue weighted by Gasteiger charge is 2.09. The minimum atomic E-state index is -0.383. The fourth-order valence-corrected chi connectivity index (χ4v) is 1.20. The SMILES string of the molecule is CCCCC(=O)OC(=O)CCCC(C)C. The van der Waals surface area contributed by atoms with E-state index in [0.29, 0.717) is 18.8 Å². The summed E-state index contributed by atoms with van der Waals surface area (Å²) in [6, 6.07) is 0. The minimum absolute atomic E-state index is 0.354. The lowest BCUT2D eigenvalue weighted by molar-refractivity contribution is -0.159. The van der Waals surface area contributed by atoms with Gasteiger partial charge in [-0.3, -0.25) is 9.59 Å². The zero-order chi connectivity index (χ0) is 11.7. The number of hydrogen-bond acceptors (Lipinski definition) is 3. The van der Waals surface area contributed by atoms with Crippen molar-refractivity contribution in [2.75, 3.05) is 0 Å². The summed E-state index contributed by atoms with van der Waals surface area (Å²) in [6.45, 7) is 6.22. The lowest BCUT2D eigenvalue weighted by Crippen LogP contribution is -2.11. The first-order valence-corrected chi connectivity index (χ1v) is 5.79. The zero-order valence-electron chi connectivity index (χ0n) is 10.0. The molecular formula is C12H22O3. The molecule has 0 bridgehead atoms. The Labute approximate surface area is 92.2 Å². The van der Waals surface area contributed by atoms with E-state index >= 15 is 0 Å². The van der Waals surface area contributed by atoms with Crippen molar-refractivity contribution in [2.24, 2.45) is 5.92 Å². The Morgan fingerprint density at radius 2 is 1.60 bits per heavy atom. The van der Waals surface area contributed by atoms with Crippen molar-refractivity contribution in [3.63, 3.8) is 0 Å². The van der Waals surface area contributed by atoms with E-state index in [2.05, 4.69) is 18.6 Å². The molecule has 0 aromatic heterocycles. The maximum atomic E-state index is 11.2. The third-order valence-electron chi connectivity index (χ3n) is 2.12. The van der Waals surface area contributed by atoms with Crippen molar-refractivity contribution < 1.29 is 14.3 Å². The monoisotopic (exact) mass is 214 g/mol. The van der Waals surface area contributed by atoms with Crippen LogP contribution in [0.25, 0.3) is 0 Å². The second kappa shape index (κ2) is 8.45. The van der Waals surface area contributed by atoms with Gasteiger partial charge in [-0.2, -0.15) is 0 Å². The highest BCUT2D eigenvalue weighted by atomic mass is 16.6. The van der Waals surface area contributed by atoms with Crippen molar-refractivity contribution in [2.45, 2.75) is 59.3 Å². The maximum absolute atomic E-state index is 11.2. The summed E-state index contributed by atoms with van der Waals surface area (Å²) in [4.78, 5) is 22.2. The second-order valence-corrected chi connectivity index (χ2v) is 4.24.